The Kier molecular flexibility index (Phi) is 11.5. The first-order valence-electron chi connectivity index (χ1n) is 16.9. The number of fused-ring (bicyclic) bond motifs is 1. The Bertz CT molecular complexity index is 1820. The molecule has 1 heterocycles. The van der Waals surface area contributed by atoms with Crippen molar-refractivity contribution in [1.82, 2.24) is 10.3 Å². The second-order valence-electron chi connectivity index (χ2n) is 13.9. The van der Waals surface area contributed by atoms with E-state index in [0.717, 1.165) is 47.3 Å². The molecule has 0 aliphatic rings. The van der Waals surface area contributed by atoms with Gasteiger partial charge in [0.05, 0.1) is 11.6 Å². The van der Waals surface area contributed by atoms with E-state index in [9.17, 15) is 4.79 Å². The van der Waals surface area contributed by atoms with Gasteiger partial charge in [0.25, 0.3) is 0 Å². The molecule has 4 aromatic carbocycles. The molecule has 5 rings (SSSR count). The predicted octanol–water partition coefficient (Wildman–Crippen LogP) is 8.25. The third-order valence-corrected chi connectivity index (χ3v) is 13.8. The van der Waals surface area contributed by atoms with Crippen LogP contribution in [-0.2, 0) is 23.9 Å². The summed E-state index contributed by atoms with van der Waals surface area (Å²) in [6.07, 6.45) is 1.58. The zero-order valence-corrected chi connectivity index (χ0v) is 29.9. The van der Waals surface area contributed by atoms with Crippen LogP contribution in [0.2, 0.25) is 18.1 Å². The van der Waals surface area contributed by atoms with E-state index in [0.29, 0.717) is 31.0 Å². The quantitative estimate of drug-likeness (QED) is 0.0666. The van der Waals surface area contributed by atoms with Gasteiger partial charge in [-0.25, -0.2) is 0 Å². The van der Waals surface area contributed by atoms with E-state index in [2.05, 4.69) is 104 Å². The van der Waals surface area contributed by atoms with E-state index in [1.165, 1.54) is 11.1 Å². The fourth-order valence-corrected chi connectivity index (χ4v) is 6.72. The summed E-state index contributed by atoms with van der Waals surface area (Å²) in [7, 11) is -2.15. The number of rotatable bonds is 15. The van der Waals surface area contributed by atoms with Crippen molar-refractivity contribution in [1.29, 1.82) is 0 Å². The summed E-state index contributed by atoms with van der Waals surface area (Å²) in [6.45, 7) is 13.9. The molecule has 7 nitrogen and oxygen atoms in total. The largest absolute Gasteiger partial charge is 0.487 e. The SMILES string of the molecule is CC(C)(C)[Si](C)(C)O[C@@H](CNCCc1ccc(Nc2ccc(CCN)cc2)cc1)c1ccc(OCc2ccccc2)c2[nH]c(=O)ccc12. The molecule has 0 unspecified atom stereocenters. The maximum atomic E-state index is 12.5. The van der Waals surface area contributed by atoms with Crippen LogP contribution in [0.3, 0.4) is 0 Å². The molecule has 48 heavy (non-hydrogen) atoms. The van der Waals surface area contributed by atoms with Crippen LogP contribution < -0.4 is 26.7 Å². The molecular weight excluding hydrogens is 613 g/mol. The number of nitrogens with one attached hydrogen (secondary N) is 3. The Labute approximate surface area is 286 Å². The predicted molar refractivity (Wildman–Crippen MR) is 202 cm³/mol. The van der Waals surface area contributed by atoms with Crippen molar-refractivity contribution in [3.63, 3.8) is 0 Å². The van der Waals surface area contributed by atoms with Gasteiger partial charge in [-0.1, -0.05) is 81.4 Å². The Morgan fingerprint density at radius 3 is 2.06 bits per heavy atom. The Balaban J connectivity index is 1.28. The van der Waals surface area contributed by atoms with Crippen LogP contribution in [0.25, 0.3) is 10.9 Å². The van der Waals surface area contributed by atoms with Gasteiger partial charge < -0.3 is 30.5 Å². The van der Waals surface area contributed by atoms with Crippen LogP contribution in [0.4, 0.5) is 11.4 Å². The molecule has 0 saturated carbocycles. The number of pyridine rings is 1. The first kappa shape index (κ1) is 35.1. The van der Waals surface area contributed by atoms with Crippen molar-refractivity contribution < 1.29 is 9.16 Å². The zero-order valence-electron chi connectivity index (χ0n) is 28.9. The molecule has 0 saturated heterocycles. The minimum absolute atomic E-state index is 0.0381. The van der Waals surface area contributed by atoms with E-state index in [-0.39, 0.29) is 16.7 Å². The summed E-state index contributed by atoms with van der Waals surface area (Å²) >= 11 is 0. The monoisotopic (exact) mass is 662 g/mol. The summed E-state index contributed by atoms with van der Waals surface area (Å²) in [5.74, 6) is 0.649. The standard InChI is InChI=1S/C40H50N4O3Si/c1-40(2,3)48(4,5)47-37(27-42-26-24-30-13-17-33(18-14-30)43-32-15-11-29(12-16-32)23-25-41)34-19-21-36(39-35(34)20-22-38(45)44-39)46-28-31-9-7-6-8-10-31/h6-22,37,42-43H,23-28,41H2,1-5H3,(H,44,45)/t37-/m0/s1. The number of anilines is 2. The molecule has 0 fully saturated rings. The molecule has 0 radical (unpaired) electrons. The van der Waals surface area contributed by atoms with Gasteiger partial charge >= 0.3 is 0 Å². The van der Waals surface area contributed by atoms with Crippen LogP contribution in [-0.4, -0.2) is 32.9 Å². The van der Waals surface area contributed by atoms with Gasteiger partial charge in [0.1, 0.15) is 12.4 Å². The van der Waals surface area contributed by atoms with Gasteiger partial charge in [0, 0.05) is 29.4 Å². The fraction of sp³-hybridized carbons (Fsp3) is 0.325. The maximum Gasteiger partial charge on any atom is 0.248 e. The number of aromatic amines is 1. The number of hydrogen-bond donors (Lipinski definition) is 4. The molecule has 0 aliphatic heterocycles. The fourth-order valence-electron chi connectivity index (χ4n) is 5.44. The normalized spacial score (nSPS) is 12.6. The Hall–Kier alpha value is -4.21. The Morgan fingerprint density at radius 1 is 0.792 bits per heavy atom. The molecule has 0 amide bonds. The van der Waals surface area contributed by atoms with Crippen molar-refractivity contribution in [2.75, 3.05) is 25.0 Å². The van der Waals surface area contributed by atoms with Crippen molar-refractivity contribution >= 4 is 30.6 Å². The molecular formula is C40H50N4O3Si. The lowest BCUT2D eigenvalue weighted by Gasteiger charge is -2.39. The van der Waals surface area contributed by atoms with Crippen LogP contribution in [0, 0.1) is 0 Å². The third-order valence-electron chi connectivity index (χ3n) is 9.27. The van der Waals surface area contributed by atoms with E-state index >= 15 is 0 Å². The number of aromatic nitrogens is 1. The third kappa shape index (κ3) is 9.23. The maximum absolute atomic E-state index is 12.5. The number of nitrogens with two attached hydrogens (primary N) is 1. The summed E-state index contributed by atoms with van der Waals surface area (Å²) in [5, 5.41) is 8.14. The topological polar surface area (TPSA) is 101 Å². The van der Waals surface area contributed by atoms with E-state index in [4.69, 9.17) is 14.9 Å². The van der Waals surface area contributed by atoms with Crippen LogP contribution in [0.15, 0.2) is 108 Å². The number of hydrogen-bond acceptors (Lipinski definition) is 6. The highest BCUT2D eigenvalue weighted by molar-refractivity contribution is 6.74. The minimum Gasteiger partial charge on any atom is -0.487 e. The molecule has 0 bridgehead atoms. The summed E-state index contributed by atoms with van der Waals surface area (Å²) in [5.41, 5.74) is 12.9. The number of benzene rings is 4. The highest BCUT2D eigenvalue weighted by Gasteiger charge is 2.39. The molecule has 1 aromatic heterocycles. The van der Waals surface area contributed by atoms with E-state index in [1.807, 2.05) is 42.5 Å². The lowest BCUT2D eigenvalue weighted by atomic mass is 10.0. The molecule has 0 aliphatic carbocycles. The van der Waals surface area contributed by atoms with Crippen LogP contribution in [0.5, 0.6) is 5.75 Å². The van der Waals surface area contributed by atoms with Gasteiger partial charge in [-0.2, -0.15) is 0 Å². The van der Waals surface area contributed by atoms with Crippen molar-refractivity contribution in [3.8, 4) is 5.75 Å². The first-order chi connectivity index (χ1) is 23.0. The summed E-state index contributed by atoms with van der Waals surface area (Å²) in [4.78, 5) is 15.5. The molecule has 0 spiro atoms. The van der Waals surface area contributed by atoms with Crippen molar-refractivity contribution in [3.05, 3.63) is 136 Å². The van der Waals surface area contributed by atoms with Gasteiger partial charge in [0.15, 0.2) is 8.32 Å². The van der Waals surface area contributed by atoms with Gasteiger partial charge in [-0.3, -0.25) is 4.79 Å². The van der Waals surface area contributed by atoms with Gasteiger partial charge in [-0.15, -0.1) is 0 Å². The summed E-state index contributed by atoms with van der Waals surface area (Å²) < 4.78 is 13.3. The molecule has 1 atom stereocenters. The highest BCUT2D eigenvalue weighted by atomic mass is 28.4. The second kappa shape index (κ2) is 15.8. The zero-order chi connectivity index (χ0) is 34.1. The van der Waals surface area contributed by atoms with Crippen molar-refractivity contribution in [2.24, 2.45) is 5.73 Å². The van der Waals surface area contributed by atoms with Crippen molar-refractivity contribution in [2.45, 2.75) is 64.5 Å². The van der Waals surface area contributed by atoms with Gasteiger partial charge in [-0.05, 0) is 103 Å². The average Bonchev–Trinajstić information content (AvgIpc) is 3.06. The minimum atomic E-state index is -2.15. The molecule has 5 aromatic rings. The average molecular weight is 663 g/mol. The molecule has 5 N–H and O–H groups in total. The number of H-pyrrole nitrogens is 1. The van der Waals surface area contributed by atoms with Crippen LogP contribution >= 0.6 is 0 Å². The smallest absolute Gasteiger partial charge is 0.248 e. The van der Waals surface area contributed by atoms with E-state index in [1.54, 1.807) is 6.07 Å². The highest BCUT2D eigenvalue weighted by Crippen LogP contribution is 2.41. The number of ether oxygens (including phenoxy) is 1. The molecule has 252 valence electrons. The Morgan fingerprint density at radius 2 is 1.44 bits per heavy atom. The lowest BCUT2D eigenvalue weighted by molar-refractivity contribution is 0.182. The summed E-state index contributed by atoms with van der Waals surface area (Å²) in [6, 6.07) is 34.6. The lowest BCUT2D eigenvalue weighted by Crippen LogP contribution is -2.43. The molecule has 8 heteroatoms. The second-order valence-corrected chi connectivity index (χ2v) is 18.7. The first-order valence-corrected chi connectivity index (χ1v) is 19.8. The van der Waals surface area contributed by atoms with Crippen LogP contribution in [0.1, 0.15) is 49.1 Å². The van der Waals surface area contributed by atoms with Gasteiger partial charge in [0.2, 0.25) is 5.56 Å². The van der Waals surface area contributed by atoms with E-state index < -0.39 is 8.32 Å².